The van der Waals surface area contributed by atoms with E-state index in [9.17, 15) is 15.0 Å². The minimum Gasteiger partial charge on any atom is -0.504 e. The van der Waals surface area contributed by atoms with Gasteiger partial charge in [0.1, 0.15) is 12.4 Å². The molecule has 18 heavy (non-hydrogen) atoms. The Kier molecular flexibility index (Phi) is 3.48. The lowest BCUT2D eigenvalue weighted by Gasteiger charge is -2.09. The molecule has 0 heterocycles. The van der Waals surface area contributed by atoms with Crippen molar-refractivity contribution < 1.29 is 19.7 Å². The van der Waals surface area contributed by atoms with Crippen LogP contribution in [0.5, 0.6) is 17.2 Å². The Labute approximate surface area is 104 Å². The third-order valence-electron chi connectivity index (χ3n) is 2.48. The second kappa shape index (κ2) is 5.23. The first-order chi connectivity index (χ1) is 8.72. The number of rotatable bonds is 4. The summed E-state index contributed by atoms with van der Waals surface area (Å²) in [6.45, 7) is 0.0545. The molecule has 2 N–H and O–H groups in total. The summed E-state index contributed by atoms with van der Waals surface area (Å²) in [6, 6.07) is 11.3. The van der Waals surface area contributed by atoms with Gasteiger partial charge in [0.2, 0.25) is 6.29 Å². The fourth-order valence-corrected chi connectivity index (χ4v) is 1.53. The lowest BCUT2D eigenvalue weighted by Crippen LogP contribution is -1.98. The third-order valence-corrected chi connectivity index (χ3v) is 2.48. The summed E-state index contributed by atoms with van der Waals surface area (Å²) in [7, 11) is 0. The van der Waals surface area contributed by atoms with Crippen molar-refractivity contribution in [3.05, 3.63) is 53.6 Å². The van der Waals surface area contributed by atoms with Gasteiger partial charge in [0.15, 0.2) is 11.5 Å². The van der Waals surface area contributed by atoms with E-state index in [-0.39, 0.29) is 18.1 Å². The molecular formula is C14H11O4. The van der Waals surface area contributed by atoms with Gasteiger partial charge in [0.25, 0.3) is 0 Å². The van der Waals surface area contributed by atoms with Crippen LogP contribution in [0.3, 0.4) is 0 Å². The van der Waals surface area contributed by atoms with Gasteiger partial charge < -0.3 is 14.9 Å². The van der Waals surface area contributed by atoms with E-state index < -0.39 is 0 Å². The van der Waals surface area contributed by atoms with Gasteiger partial charge in [-0.05, 0) is 18.2 Å². The van der Waals surface area contributed by atoms with Crippen molar-refractivity contribution in [1.29, 1.82) is 0 Å². The maximum absolute atomic E-state index is 10.7. The molecule has 0 saturated heterocycles. The normalized spacial score (nSPS) is 10.0. The maximum atomic E-state index is 10.7. The Morgan fingerprint density at radius 3 is 2.61 bits per heavy atom. The lowest BCUT2D eigenvalue weighted by atomic mass is 10.2. The first-order valence-electron chi connectivity index (χ1n) is 5.32. The summed E-state index contributed by atoms with van der Waals surface area (Å²) in [6.07, 6.45) is 1.77. The van der Waals surface area contributed by atoms with Crippen LogP contribution in [0.25, 0.3) is 0 Å². The van der Waals surface area contributed by atoms with E-state index in [1.807, 2.05) is 0 Å². The molecule has 0 unspecified atom stereocenters. The van der Waals surface area contributed by atoms with Crippen molar-refractivity contribution >= 4 is 6.29 Å². The summed E-state index contributed by atoms with van der Waals surface area (Å²) >= 11 is 0. The van der Waals surface area contributed by atoms with Gasteiger partial charge in [-0.2, -0.15) is 0 Å². The summed E-state index contributed by atoms with van der Waals surface area (Å²) in [5.41, 5.74) is 0.757. The predicted octanol–water partition coefficient (Wildman–Crippen LogP) is 2.13. The maximum Gasteiger partial charge on any atom is 0.237 e. The summed E-state index contributed by atoms with van der Waals surface area (Å²) in [4.78, 5) is 10.7. The first-order valence-corrected chi connectivity index (χ1v) is 5.32. The van der Waals surface area contributed by atoms with Gasteiger partial charge in [-0.3, -0.25) is 4.79 Å². The van der Waals surface area contributed by atoms with Crippen molar-refractivity contribution in [3.63, 3.8) is 0 Å². The molecule has 0 aliphatic carbocycles. The molecule has 2 aromatic rings. The largest absolute Gasteiger partial charge is 0.504 e. The molecule has 91 valence electrons. The van der Waals surface area contributed by atoms with Crippen molar-refractivity contribution in [2.75, 3.05) is 0 Å². The summed E-state index contributed by atoms with van der Waals surface area (Å²) in [5, 5.41) is 18.9. The van der Waals surface area contributed by atoms with Crippen LogP contribution in [0.15, 0.2) is 42.5 Å². The SMILES string of the molecule is O=[C]c1ccccc1OCc1cccc(O)c1O. The van der Waals surface area contributed by atoms with Gasteiger partial charge in [0.05, 0.1) is 5.56 Å². The Morgan fingerprint density at radius 1 is 1.06 bits per heavy atom. The highest BCUT2D eigenvalue weighted by Crippen LogP contribution is 2.29. The molecule has 0 aliphatic heterocycles. The first kappa shape index (κ1) is 12.0. The van der Waals surface area contributed by atoms with Gasteiger partial charge in [-0.15, -0.1) is 0 Å². The number of aromatic hydroxyl groups is 2. The molecule has 0 amide bonds. The number of para-hydroxylation sites is 2. The van der Waals surface area contributed by atoms with E-state index in [0.717, 1.165) is 0 Å². The number of phenols is 2. The Bertz CT molecular complexity index is 563. The quantitative estimate of drug-likeness (QED) is 0.807. The molecule has 4 heteroatoms. The number of carbonyl (C=O) groups excluding carboxylic acids is 1. The average molecular weight is 243 g/mol. The minimum absolute atomic E-state index is 0.0545. The smallest absolute Gasteiger partial charge is 0.237 e. The Morgan fingerprint density at radius 2 is 1.83 bits per heavy atom. The van der Waals surface area contributed by atoms with E-state index in [0.29, 0.717) is 16.9 Å². The van der Waals surface area contributed by atoms with Crippen LogP contribution < -0.4 is 4.74 Å². The van der Waals surface area contributed by atoms with Crippen LogP contribution in [-0.2, 0) is 11.4 Å². The molecular weight excluding hydrogens is 232 g/mol. The highest BCUT2D eigenvalue weighted by atomic mass is 16.5. The molecule has 0 bridgehead atoms. The number of hydrogen-bond acceptors (Lipinski definition) is 4. The molecule has 0 aliphatic rings. The second-order valence-corrected chi connectivity index (χ2v) is 3.67. The fourth-order valence-electron chi connectivity index (χ4n) is 1.53. The zero-order valence-corrected chi connectivity index (χ0v) is 9.46. The van der Waals surface area contributed by atoms with Crippen LogP contribution in [0.1, 0.15) is 11.1 Å². The standard InChI is InChI=1S/C14H11O4/c15-8-10-4-1-2-7-13(10)18-9-11-5-3-6-12(16)14(11)17/h1-7,16-17H,9H2. The number of phenolic OH excluding ortho intramolecular Hbond substituents is 2. The monoisotopic (exact) mass is 243 g/mol. The predicted molar refractivity (Wildman–Crippen MR) is 65.3 cm³/mol. The lowest BCUT2D eigenvalue weighted by molar-refractivity contribution is 0.295. The minimum atomic E-state index is -0.218. The van der Waals surface area contributed by atoms with Crippen LogP contribution in [0.2, 0.25) is 0 Å². The molecule has 0 aromatic heterocycles. The van der Waals surface area contributed by atoms with E-state index in [1.54, 1.807) is 42.7 Å². The zero-order valence-electron chi connectivity index (χ0n) is 9.46. The van der Waals surface area contributed by atoms with Crippen molar-refractivity contribution in [1.82, 2.24) is 0 Å². The zero-order chi connectivity index (χ0) is 13.0. The van der Waals surface area contributed by atoms with Crippen molar-refractivity contribution in [3.8, 4) is 17.2 Å². The van der Waals surface area contributed by atoms with Crippen molar-refractivity contribution in [2.45, 2.75) is 6.61 Å². The molecule has 0 atom stereocenters. The summed E-state index contributed by atoms with van der Waals surface area (Å²) in [5.74, 6) is -0.0355. The van der Waals surface area contributed by atoms with E-state index in [4.69, 9.17) is 4.74 Å². The van der Waals surface area contributed by atoms with Crippen LogP contribution >= 0.6 is 0 Å². The number of ether oxygens (including phenoxy) is 1. The van der Waals surface area contributed by atoms with Crippen molar-refractivity contribution in [2.24, 2.45) is 0 Å². The molecule has 0 spiro atoms. The molecule has 2 rings (SSSR count). The second-order valence-electron chi connectivity index (χ2n) is 3.67. The molecule has 2 aromatic carbocycles. The molecule has 4 nitrogen and oxygen atoms in total. The van der Waals surface area contributed by atoms with Crippen LogP contribution in [0.4, 0.5) is 0 Å². The Balaban J connectivity index is 2.16. The fraction of sp³-hybridized carbons (Fsp3) is 0.0714. The number of benzene rings is 2. The highest BCUT2D eigenvalue weighted by Gasteiger charge is 2.08. The topological polar surface area (TPSA) is 66.8 Å². The molecule has 0 fully saturated rings. The van der Waals surface area contributed by atoms with Crippen LogP contribution in [0, 0.1) is 0 Å². The summed E-state index contributed by atoms with van der Waals surface area (Å²) < 4.78 is 5.42. The van der Waals surface area contributed by atoms with Gasteiger partial charge in [-0.25, -0.2) is 0 Å². The van der Waals surface area contributed by atoms with Gasteiger partial charge >= 0.3 is 0 Å². The Hall–Kier alpha value is -2.49. The average Bonchev–Trinajstić information content (AvgIpc) is 2.41. The van der Waals surface area contributed by atoms with E-state index >= 15 is 0 Å². The molecule has 0 saturated carbocycles. The third kappa shape index (κ3) is 2.43. The highest BCUT2D eigenvalue weighted by molar-refractivity contribution is 5.79. The molecule has 1 radical (unpaired) electrons. The van der Waals surface area contributed by atoms with E-state index in [2.05, 4.69) is 0 Å². The van der Waals surface area contributed by atoms with Gasteiger partial charge in [0, 0.05) is 5.56 Å². The van der Waals surface area contributed by atoms with E-state index in [1.165, 1.54) is 6.07 Å². The van der Waals surface area contributed by atoms with Gasteiger partial charge in [-0.1, -0.05) is 24.3 Å². The number of hydrogen-bond donors (Lipinski definition) is 2. The van der Waals surface area contributed by atoms with Crippen LogP contribution in [-0.4, -0.2) is 16.5 Å².